The Hall–Kier alpha value is -0.990. The highest BCUT2D eigenvalue weighted by molar-refractivity contribution is 5.69. The van der Waals surface area contributed by atoms with E-state index in [0.717, 1.165) is 0 Å². The van der Waals surface area contributed by atoms with Crippen molar-refractivity contribution in [2.24, 2.45) is 5.92 Å². The van der Waals surface area contributed by atoms with E-state index in [1.54, 1.807) is 0 Å². The fourth-order valence-electron chi connectivity index (χ4n) is 0.441. The van der Waals surface area contributed by atoms with E-state index < -0.39 is 11.9 Å². The highest BCUT2D eigenvalue weighted by Gasteiger charge is 2.10. The Balaban J connectivity index is 3.63. The van der Waals surface area contributed by atoms with E-state index in [1.165, 1.54) is 6.92 Å². The molecule has 0 amide bonds. The van der Waals surface area contributed by atoms with Gasteiger partial charge in [0.25, 0.3) is 0 Å². The minimum atomic E-state index is -0.912. The highest BCUT2D eigenvalue weighted by atomic mass is 16.4. The first kappa shape index (κ1) is 8.01. The van der Waals surface area contributed by atoms with Crippen LogP contribution in [-0.2, 0) is 4.79 Å². The summed E-state index contributed by atoms with van der Waals surface area (Å²) in [4.78, 5) is 10.1. The lowest BCUT2D eigenvalue weighted by molar-refractivity contribution is -0.141. The number of hydrogen-bond donors (Lipinski definition) is 2. The lowest BCUT2D eigenvalue weighted by Gasteiger charge is -2.01. The SMILES string of the molecule is C=C(O)CC(C)C(=O)O. The lowest BCUT2D eigenvalue weighted by Crippen LogP contribution is -2.09. The van der Waals surface area contributed by atoms with Crippen LogP contribution in [0.1, 0.15) is 13.3 Å². The van der Waals surface area contributed by atoms with Gasteiger partial charge in [-0.05, 0) is 0 Å². The van der Waals surface area contributed by atoms with Crippen LogP contribution in [0.25, 0.3) is 0 Å². The summed E-state index contributed by atoms with van der Waals surface area (Å²) in [5, 5.41) is 16.8. The largest absolute Gasteiger partial charge is 0.513 e. The van der Waals surface area contributed by atoms with Crippen LogP contribution in [0.3, 0.4) is 0 Å². The summed E-state index contributed by atoms with van der Waals surface area (Å²) < 4.78 is 0. The zero-order chi connectivity index (χ0) is 7.44. The number of carboxylic acids is 1. The molecule has 0 radical (unpaired) electrons. The maximum Gasteiger partial charge on any atom is 0.306 e. The van der Waals surface area contributed by atoms with Gasteiger partial charge in [-0.25, -0.2) is 0 Å². The van der Waals surface area contributed by atoms with Crippen LogP contribution >= 0.6 is 0 Å². The van der Waals surface area contributed by atoms with Crippen molar-refractivity contribution in [3.63, 3.8) is 0 Å². The number of aliphatic hydroxyl groups is 1. The van der Waals surface area contributed by atoms with E-state index >= 15 is 0 Å². The molecular formula is C6H10O3. The zero-order valence-corrected chi connectivity index (χ0v) is 5.29. The molecule has 0 rings (SSSR count). The van der Waals surface area contributed by atoms with Gasteiger partial charge in [0.05, 0.1) is 11.7 Å². The monoisotopic (exact) mass is 130 g/mol. The van der Waals surface area contributed by atoms with E-state index in [0.29, 0.717) is 0 Å². The second-order valence-electron chi connectivity index (χ2n) is 2.01. The second kappa shape index (κ2) is 3.12. The van der Waals surface area contributed by atoms with Crippen molar-refractivity contribution in [3.05, 3.63) is 12.3 Å². The van der Waals surface area contributed by atoms with Crippen LogP contribution in [0.4, 0.5) is 0 Å². The molecule has 0 aliphatic carbocycles. The fourth-order valence-corrected chi connectivity index (χ4v) is 0.441. The number of hydrogen-bond acceptors (Lipinski definition) is 2. The topological polar surface area (TPSA) is 57.5 Å². The third-order valence-electron chi connectivity index (χ3n) is 0.963. The summed E-state index contributed by atoms with van der Waals surface area (Å²) in [5.41, 5.74) is 0. The van der Waals surface area contributed by atoms with Crippen LogP contribution in [0.5, 0.6) is 0 Å². The van der Waals surface area contributed by atoms with Gasteiger partial charge in [-0.15, -0.1) is 0 Å². The fraction of sp³-hybridized carbons (Fsp3) is 0.500. The molecule has 0 aromatic carbocycles. The second-order valence-corrected chi connectivity index (χ2v) is 2.01. The zero-order valence-electron chi connectivity index (χ0n) is 5.29. The average Bonchev–Trinajstić information content (AvgIpc) is 1.63. The Morgan fingerprint density at radius 3 is 2.22 bits per heavy atom. The van der Waals surface area contributed by atoms with Crippen molar-refractivity contribution in [1.82, 2.24) is 0 Å². The van der Waals surface area contributed by atoms with Crippen molar-refractivity contribution in [2.75, 3.05) is 0 Å². The van der Waals surface area contributed by atoms with Gasteiger partial charge in [0.2, 0.25) is 0 Å². The molecule has 0 bridgehead atoms. The molecule has 9 heavy (non-hydrogen) atoms. The number of carbonyl (C=O) groups is 1. The third-order valence-corrected chi connectivity index (χ3v) is 0.963. The number of aliphatic carboxylic acids is 1. The number of allylic oxidation sites excluding steroid dienone is 1. The number of aliphatic hydroxyl groups excluding tert-OH is 1. The van der Waals surface area contributed by atoms with Crippen LogP contribution in [-0.4, -0.2) is 16.2 Å². The minimum absolute atomic E-state index is 0.0788. The van der Waals surface area contributed by atoms with Gasteiger partial charge in [-0.1, -0.05) is 13.5 Å². The number of rotatable bonds is 3. The predicted molar refractivity (Wildman–Crippen MR) is 33.2 cm³/mol. The van der Waals surface area contributed by atoms with Crippen LogP contribution in [0.15, 0.2) is 12.3 Å². The molecule has 0 heterocycles. The molecule has 3 heteroatoms. The summed E-state index contributed by atoms with van der Waals surface area (Å²) >= 11 is 0. The van der Waals surface area contributed by atoms with Crippen molar-refractivity contribution in [1.29, 1.82) is 0 Å². The Morgan fingerprint density at radius 1 is 1.67 bits per heavy atom. The van der Waals surface area contributed by atoms with Gasteiger partial charge < -0.3 is 10.2 Å². The van der Waals surface area contributed by atoms with Gasteiger partial charge in [0.1, 0.15) is 0 Å². The van der Waals surface area contributed by atoms with Crippen molar-refractivity contribution < 1.29 is 15.0 Å². The first-order valence-corrected chi connectivity index (χ1v) is 2.63. The summed E-state index contributed by atoms with van der Waals surface area (Å²) in [6.07, 6.45) is 0.134. The summed E-state index contributed by atoms with van der Waals surface area (Å²) in [7, 11) is 0. The molecule has 3 nitrogen and oxygen atoms in total. The molecule has 0 aliphatic rings. The molecule has 1 atom stereocenters. The summed E-state index contributed by atoms with van der Waals surface area (Å²) in [6.45, 7) is 4.69. The van der Waals surface area contributed by atoms with Crippen molar-refractivity contribution in [2.45, 2.75) is 13.3 Å². The lowest BCUT2D eigenvalue weighted by atomic mass is 10.1. The Morgan fingerprint density at radius 2 is 2.11 bits per heavy atom. The molecule has 52 valence electrons. The maximum absolute atomic E-state index is 10.1. The molecule has 0 aromatic rings. The van der Waals surface area contributed by atoms with Gasteiger partial charge in [0.15, 0.2) is 0 Å². The van der Waals surface area contributed by atoms with Gasteiger partial charge in [0, 0.05) is 6.42 Å². The molecule has 0 aliphatic heterocycles. The summed E-state index contributed by atoms with van der Waals surface area (Å²) in [6, 6.07) is 0. The van der Waals surface area contributed by atoms with Crippen molar-refractivity contribution in [3.8, 4) is 0 Å². The predicted octanol–water partition coefficient (Wildman–Crippen LogP) is 1.17. The average molecular weight is 130 g/mol. The number of carboxylic acid groups (broad SMARTS) is 1. The van der Waals surface area contributed by atoms with Gasteiger partial charge >= 0.3 is 5.97 Å². The normalized spacial score (nSPS) is 12.6. The van der Waals surface area contributed by atoms with Crippen LogP contribution in [0, 0.1) is 5.92 Å². The van der Waals surface area contributed by atoms with Crippen LogP contribution < -0.4 is 0 Å². The first-order valence-electron chi connectivity index (χ1n) is 2.63. The molecule has 0 aromatic heterocycles. The van der Waals surface area contributed by atoms with Gasteiger partial charge in [-0.3, -0.25) is 4.79 Å². The van der Waals surface area contributed by atoms with Crippen molar-refractivity contribution >= 4 is 5.97 Å². The molecule has 0 saturated heterocycles. The van der Waals surface area contributed by atoms with E-state index in [4.69, 9.17) is 10.2 Å². The Labute approximate surface area is 53.6 Å². The molecule has 1 unspecified atom stereocenters. The Kier molecular flexibility index (Phi) is 2.78. The summed E-state index contributed by atoms with van der Waals surface area (Å²) in [5.74, 6) is -1.53. The molecular weight excluding hydrogens is 120 g/mol. The standard InChI is InChI=1S/C6H10O3/c1-4(6(8)9)3-5(2)7/h4,7H,2-3H2,1H3,(H,8,9). The molecule has 0 spiro atoms. The van der Waals surface area contributed by atoms with Gasteiger partial charge in [-0.2, -0.15) is 0 Å². The van der Waals surface area contributed by atoms with E-state index in [1.807, 2.05) is 0 Å². The molecule has 0 fully saturated rings. The smallest absolute Gasteiger partial charge is 0.306 e. The Bertz CT molecular complexity index is 128. The van der Waals surface area contributed by atoms with E-state index in [2.05, 4.69) is 6.58 Å². The maximum atomic E-state index is 10.1. The third kappa shape index (κ3) is 3.58. The van der Waals surface area contributed by atoms with E-state index in [-0.39, 0.29) is 12.2 Å². The molecule has 2 N–H and O–H groups in total. The first-order chi connectivity index (χ1) is 4.04. The highest BCUT2D eigenvalue weighted by Crippen LogP contribution is 2.05. The van der Waals surface area contributed by atoms with E-state index in [9.17, 15) is 4.79 Å². The minimum Gasteiger partial charge on any atom is -0.513 e. The van der Waals surface area contributed by atoms with Crippen LogP contribution in [0.2, 0.25) is 0 Å². The quantitative estimate of drug-likeness (QED) is 0.564. The molecule has 0 saturated carbocycles.